The van der Waals surface area contributed by atoms with Crippen molar-refractivity contribution < 1.29 is 4.79 Å². The van der Waals surface area contributed by atoms with Gasteiger partial charge in [-0.3, -0.25) is 4.79 Å². The fourth-order valence-electron chi connectivity index (χ4n) is 0.931. The van der Waals surface area contributed by atoms with Gasteiger partial charge in [0.05, 0.1) is 0 Å². The van der Waals surface area contributed by atoms with Crippen LogP contribution in [0.5, 0.6) is 0 Å². The van der Waals surface area contributed by atoms with Gasteiger partial charge in [-0.15, -0.1) is 0 Å². The fourth-order valence-corrected chi connectivity index (χ4v) is 1.46. The summed E-state index contributed by atoms with van der Waals surface area (Å²) >= 11 is 22.8. The van der Waals surface area contributed by atoms with E-state index in [0.29, 0.717) is 0 Å². The predicted molar refractivity (Wildman–Crippen MR) is 65.8 cm³/mol. The summed E-state index contributed by atoms with van der Waals surface area (Å²) in [6.07, 6.45) is 0. The maximum Gasteiger partial charge on any atom is 0.239 e. The number of halogens is 4. The van der Waals surface area contributed by atoms with Gasteiger partial charge in [-0.1, -0.05) is 46.4 Å². The standard InChI is InChI=1S/C8H7Cl4N3O/c1-4(16)15(13)7-3-5(8(10,11)12)2-6(9)14-7/h2-3H,13H2,1H3. The number of pyridine rings is 1. The summed E-state index contributed by atoms with van der Waals surface area (Å²) in [4.78, 5) is 14.9. The summed E-state index contributed by atoms with van der Waals surface area (Å²) in [6, 6.07) is 2.76. The van der Waals surface area contributed by atoms with Crippen molar-refractivity contribution in [3.05, 3.63) is 22.8 Å². The van der Waals surface area contributed by atoms with Crippen LogP contribution in [-0.4, -0.2) is 10.9 Å². The molecule has 1 aromatic rings. The van der Waals surface area contributed by atoms with Crippen molar-refractivity contribution in [2.24, 2.45) is 5.84 Å². The molecule has 0 aliphatic carbocycles. The number of carbonyl (C=O) groups is 1. The molecule has 0 atom stereocenters. The molecule has 0 radical (unpaired) electrons. The van der Waals surface area contributed by atoms with Crippen molar-refractivity contribution in [1.82, 2.24) is 4.98 Å². The number of hydrogen-bond donors (Lipinski definition) is 1. The lowest BCUT2D eigenvalue weighted by atomic mass is 10.3. The monoisotopic (exact) mass is 301 g/mol. The van der Waals surface area contributed by atoms with Crippen LogP contribution >= 0.6 is 46.4 Å². The summed E-state index contributed by atoms with van der Waals surface area (Å²) in [5, 5.41) is 0.890. The smallest absolute Gasteiger partial charge is 0.239 e. The van der Waals surface area contributed by atoms with Crippen molar-refractivity contribution in [2.75, 3.05) is 5.01 Å². The molecular formula is C8H7Cl4N3O. The molecule has 0 aliphatic rings. The molecule has 0 unspecified atom stereocenters. The van der Waals surface area contributed by atoms with Gasteiger partial charge in [-0.25, -0.2) is 15.8 Å². The highest BCUT2D eigenvalue weighted by molar-refractivity contribution is 6.66. The molecule has 88 valence electrons. The molecule has 1 rings (SSSR count). The molecule has 16 heavy (non-hydrogen) atoms. The molecule has 4 nitrogen and oxygen atoms in total. The highest BCUT2D eigenvalue weighted by Gasteiger charge is 2.25. The molecule has 1 amide bonds. The first-order valence-corrected chi connectivity index (χ1v) is 5.53. The summed E-state index contributed by atoms with van der Waals surface area (Å²) in [5.74, 6) is 5.15. The lowest BCUT2D eigenvalue weighted by Gasteiger charge is -2.17. The van der Waals surface area contributed by atoms with E-state index in [-0.39, 0.29) is 16.5 Å². The number of anilines is 1. The van der Waals surface area contributed by atoms with Gasteiger partial charge in [0.15, 0.2) is 5.82 Å². The minimum absolute atomic E-state index is 0.0792. The van der Waals surface area contributed by atoms with Gasteiger partial charge in [0.1, 0.15) is 5.15 Å². The molecule has 0 spiro atoms. The number of hydrogen-bond acceptors (Lipinski definition) is 3. The first kappa shape index (κ1) is 13.8. The Balaban J connectivity index is 3.23. The van der Waals surface area contributed by atoms with Crippen LogP contribution in [0.25, 0.3) is 0 Å². The SMILES string of the molecule is CC(=O)N(N)c1cc(C(Cl)(Cl)Cl)cc(Cl)n1. The third-order valence-electron chi connectivity index (χ3n) is 1.69. The highest BCUT2D eigenvalue weighted by Crippen LogP contribution is 2.39. The van der Waals surface area contributed by atoms with E-state index >= 15 is 0 Å². The maximum atomic E-state index is 11.0. The zero-order valence-electron chi connectivity index (χ0n) is 8.05. The zero-order chi connectivity index (χ0) is 12.5. The maximum absolute atomic E-state index is 11.0. The van der Waals surface area contributed by atoms with Crippen molar-refractivity contribution in [3.63, 3.8) is 0 Å². The van der Waals surface area contributed by atoms with Crippen molar-refractivity contribution in [2.45, 2.75) is 10.7 Å². The van der Waals surface area contributed by atoms with Crippen LogP contribution < -0.4 is 10.9 Å². The van der Waals surface area contributed by atoms with Gasteiger partial charge in [0.2, 0.25) is 9.70 Å². The van der Waals surface area contributed by atoms with Gasteiger partial charge >= 0.3 is 0 Å². The Morgan fingerprint density at radius 1 is 1.44 bits per heavy atom. The lowest BCUT2D eigenvalue weighted by molar-refractivity contribution is -0.116. The summed E-state index contributed by atoms with van der Waals surface area (Å²) in [6.45, 7) is 1.28. The number of hydrazine groups is 1. The van der Waals surface area contributed by atoms with Gasteiger partial charge in [-0.05, 0) is 12.1 Å². The van der Waals surface area contributed by atoms with Gasteiger partial charge in [-0.2, -0.15) is 0 Å². The van der Waals surface area contributed by atoms with Gasteiger partial charge < -0.3 is 0 Å². The molecule has 1 aromatic heterocycles. The quantitative estimate of drug-likeness (QED) is 0.285. The number of nitrogens with two attached hydrogens (primary N) is 1. The minimum Gasteiger partial charge on any atom is -0.273 e. The zero-order valence-corrected chi connectivity index (χ0v) is 11.1. The Labute approximate surface area is 112 Å². The van der Waals surface area contributed by atoms with Crippen LogP contribution in [-0.2, 0) is 8.59 Å². The molecule has 1 heterocycles. The van der Waals surface area contributed by atoms with E-state index in [9.17, 15) is 4.79 Å². The highest BCUT2D eigenvalue weighted by atomic mass is 35.6. The fraction of sp³-hybridized carbons (Fsp3) is 0.250. The van der Waals surface area contributed by atoms with Crippen molar-refractivity contribution >= 4 is 58.1 Å². The number of nitrogens with zero attached hydrogens (tertiary/aromatic N) is 2. The van der Waals surface area contributed by atoms with E-state index < -0.39 is 9.70 Å². The molecule has 0 saturated heterocycles. The molecule has 0 aliphatic heterocycles. The topological polar surface area (TPSA) is 59.2 Å². The number of alkyl halides is 3. The second-order valence-corrected chi connectivity index (χ2v) is 5.59. The largest absolute Gasteiger partial charge is 0.273 e. The van der Waals surface area contributed by atoms with Crippen LogP contribution in [0.4, 0.5) is 5.82 Å². The second kappa shape index (κ2) is 4.94. The molecule has 0 bridgehead atoms. The van der Waals surface area contributed by atoms with E-state index in [0.717, 1.165) is 5.01 Å². The molecule has 8 heteroatoms. The number of rotatable bonds is 1. The number of carbonyl (C=O) groups excluding carboxylic acids is 1. The average Bonchev–Trinajstić information content (AvgIpc) is 2.14. The Kier molecular flexibility index (Phi) is 4.26. The predicted octanol–water partition coefficient (Wildman–Crippen LogP) is 2.79. The van der Waals surface area contributed by atoms with E-state index in [1.807, 2.05) is 0 Å². The summed E-state index contributed by atoms with van der Waals surface area (Å²) in [5.41, 5.74) is 0.282. The summed E-state index contributed by atoms with van der Waals surface area (Å²) in [7, 11) is 0. The molecule has 0 aromatic carbocycles. The van der Waals surface area contributed by atoms with E-state index in [1.165, 1.54) is 19.1 Å². The van der Waals surface area contributed by atoms with Crippen LogP contribution in [0, 0.1) is 0 Å². The van der Waals surface area contributed by atoms with Crippen molar-refractivity contribution in [1.29, 1.82) is 0 Å². The van der Waals surface area contributed by atoms with Crippen LogP contribution in [0.15, 0.2) is 12.1 Å². The molecule has 2 N–H and O–H groups in total. The lowest BCUT2D eigenvalue weighted by Crippen LogP contribution is -2.36. The third-order valence-corrected chi connectivity index (χ3v) is 2.54. The second-order valence-electron chi connectivity index (χ2n) is 2.92. The number of aromatic nitrogens is 1. The van der Waals surface area contributed by atoms with Crippen LogP contribution in [0.3, 0.4) is 0 Å². The summed E-state index contributed by atoms with van der Waals surface area (Å²) < 4.78 is -1.65. The first-order valence-electron chi connectivity index (χ1n) is 4.02. The van der Waals surface area contributed by atoms with Crippen molar-refractivity contribution in [3.8, 4) is 0 Å². The normalized spacial score (nSPS) is 11.4. The van der Waals surface area contributed by atoms with Gasteiger partial charge in [0, 0.05) is 12.5 Å². The third kappa shape index (κ3) is 3.37. The number of amides is 1. The minimum atomic E-state index is -1.65. The van der Waals surface area contributed by atoms with Crippen LogP contribution in [0.2, 0.25) is 5.15 Å². The van der Waals surface area contributed by atoms with Crippen LogP contribution in [0.1, 0.15) is 12.5 Å². The Morgan fingerprint density at radius 2 is 2.00 bits per heavy atom. The van der Waals surface area contributed by atoms with E-state index in [4.69, 9.17) is 52.2 Å². The molecule has 0 saturated carbocycles. The van der Waals surface area contributed by atoms with E-state index in [2.05, 4.69) is 4.98 Å². The Hall–Kier alpha value is -0.260. The average molecular weight is 303 g/mol. The Bertz CT molecular complexity index is 418. The van der Waals surface area contributed by atoms with Gasteiger partial charge in [0.25, 0.3) is 0 Å². The van der Waals surface area contributed by atoms with E-state index in [1.54, 1.807) is 0 Å². The molecular weight excluding hydrogens is 296 g/mol. The first-order chi connectivity index (χ1) is 7.21. The molecule has 0 fully saturated rings. The Morgan fingerprint density at radius 3 is 2.44 bits per heavy atom.